The molecule has 1 fully saturated rings. The van der Waals surface area contributed by atoms with Crippen LogP contribution in [-0.2, 0) is 0 Å². The summed E-state index contributed by atoms with van der Waals surface area (Å²) >= 11 is 11.1. The van der Waals surface area contributed by atoms with Gasteiger partial charge in [-0.2, -0.15) is 12.6 Å². The van der Waals surface area contributed by atoms with E-state index in [1.807, 2.05) is 0 Å². The molecule has 2 aromatic heterocycles. The fraction of sp³-hybridized carbons (Fsp3) is 0.458. The van der Waals surface area contributed by atoms with Crippen molar-refractivity contribution in [1.29, 1.82) is 0 Å². The van der Waals surface area contributed by atoms with Gasteiger partial charge in [0.15, 0.2) is 5.82 Å². The molecule has 1 unspecified atom stereocenters. The van der Waals surface area contributed by atoms with Crippen LogP contribution in [0.3, 0.4) is 0 Å². The fourth-order valence-electron chi connectivity index (χ4n) is 4.48. The normalized spacial score (nSPS) is 19.2. The summed E-state index contributed by atoms with van der Waals surface area (Å²) in [6.07, 6.45) is 4.89. The van der Waals surface area contributed by atoms with Crippen LogP contribution < -0.4 is 15.8 Å². The van der Waals surface area contributed by atoms with E-state index < -0.39 is 17.0 Å². The van der Waals surface area contributed by atoms with Crippen molar-refractivity contribution in [1.82, 2.24) is 19.7 Å². The van der Waals surface area contributed by atoms with Crippen molar-refractivity contribution in [3.8, 4) is 5.75 Å². The first-order valence-electron chi connectivity index (χ1n) is 11.5. The molecule has 0 aliphatic heterocycles. The lowest BCUT2D eigenvalue weighted by molar-refractivity contribution is 0.0858. The molecule has 8 nitrogen and oxygen atoms in total. The van der Waals surface area contributed by atoms with Crippen molar-refractivity contribution in [2.45, 2.75) is 70.0 Å². The number of amides is 1. The van der Waals surface area contributed by atoms with E-state index in [1.54, 1.807) is 37.6 Å². The SMILES string of the molecule is Cc1nc(C(S)c2cc(Cl)c(F)c(C(=O)N[C@H]3CC[C@@H](O)CC3)c2OC(C)C)n2ccnc(N)c12. The Morgan fingerprint density at radius 2 is 2.06 bits per heavy atom. The Morgan fingerprint density at radius 3 is 2.71 bits per heavy atom. The van der Waals surface area contributed by atoms with E-state index in [-0.39, 0.29) is 34.6 Å². The quantitative estimate of drug-likeness (QED) is 0.360. The number of anilines is 1. The molecule has 0 spiro atoms. The summed E-state index contributed by atoms with van der Waals surface area (Å²) in [6, 6.07) is 1.24. The first kappa shape index (κ1) is 25.5. The number of halogens is 2. The van der Waals surface area contributed by atoms with Gasteiger partial charge in [-0.05, 0) is 52.5 Å². The number of nitrogens with zero attached hydrogens (tertiary/aromatic N) is 3. The molecule has 1 aliphatic rings. The second-order valence-corrected chi connectivity index (χ2v) is 10.0. The lowest BCUT2D eigenvalue weighted by atomic mass is 9.92. The van der Waals surface area contributed by atoms with Crippen LogP contribution in [0.15, 0.2) is 18.5 Å². The predicted octanol–water partition coefficient (Wildman–Crippen LogP) is 4.25. The molecule has 1 saturated carbocycles. The Hall–Kier alpha value is -2.56. The van der Waals surface area contributed by atoms with Crippen LogP contribution in [-0.4, -0.2) is 43.6 Å². The number of fused-ring (bicyclic) bond motifs is 1. The van der Waals surface area contributed by atoms with Gasteiger partial charge < -0.3 is 20.9 Å². The molecular weight excluding hydrogens is 493 g/mol. The number of aliphatic hydroxyl groups is 1. The summed E-state index contributed by atoms with van der Waals surface area (Å²) in [7, 11) is 0. The van der Waals surface area contributed by atoms with Gasteiger partial charge in [0.25, 0.3) is 5.91 Å². The zero-order valence-corrected chi connectivity index (χ0v) is 21.4. The van der Waals surface area contributed by atoms with Crippen molar-refractivity contribution in [2.75, 3.05) is 5.73 Å². The number of imidazole rings is 1. The highest BCUT2D eigenvalue weighted by molar-refractivity contribution is 7.80. The molecule has 0 saturated heterocycles. The number of thiol groups is 1. The van der Waals surface area contributed by atoms with Crippen molar-refractivity contribution < 1.29 is 19.0 Å². The van der Waals surface area contributed by atoms with Crippen LogP contribution in [0.1, 0.15) is 72.2 Å². The molecule has 0 bridgehead atoms. The molecular formula is C24H29ClFN5O3S. The van der Waals surface area contributed by atoms with Gasteiger partial charge in [-0.15, -0.1) is 0 Å². The number of hydrogen-bond acceptors (Lipinski definition) is 7. The van der Waals surface area contributed by atoms with E-state index in [0.29, 0.717) is 54.1 Å². The molecule has 188 valence electrons. The van der Waals surface area contributed by atoms with E-state index in [1.165, 1.54) is 6.07 Å². The summed E-state index contributed by atoms with van der Waals surface area (Å²) < 4.78 is 23.1. The Morgan fingerprint density at radius 1 is 1.37 bits per heavy atom. The number of benzene rings is 1. The zero-order valence-electron chi connectivity index (χ0n) is 19.8. The Bertz CT molecular complexity index is 1260. The van der Waals surface area contributed by atoms with Crippen molar-refractivity contribution in [2.24, 2.45) is 0 Å². The number of hydrogen-bond donors (Lipinski definition) is 4. The summed E-state index contributed by atoms with van der Waals surface area (Å²) in [5, 5.41) is 11.7. The Labute approximate surface area is 213 Å². The zero-order chi connectivity index (χ0) is 25.4. The number of aryl methyl sites for hydroxylation is 1. The van der Waals surface area contributed by atoms with E-state index in [2.05, 4.69) is 15.3 Å². The average molecular weight is 522 g/mol. The van der Waals surface area contributed by atoms with Crippen LogP contribution in [0.4, 0.5) is 10.2 Å². The number of aliphatic hydroxyl groups excluding tert-OH is 1. The highest BCUT2D eigenvalue weighted by Crippen LogP contribution is 2.41. The first-order chi connectivity index (χ1) is 16.6. The highest BCUT2D eigenvalue weighted by atomic mass is 35.5. The van der Waals surface area contributed by atoms with Gasteiger partial charge in [-0.25, -0.2) is 14.4 Å². The summed E-state index contributed by atoms with van der Waals surface area (Å²) in [4.78, 5) is 22.1. The summed E-state index contributed by atoms with van der Waals surface area (Å²) in [5.41, 5.74) is 7.47. The molecule has 1 atom stereocenters. The Balaban J connectivity index is 1.81. The monoisotopic (exact) mass is 521 g/mol. The second-order valence-electron chi connectivity index (χ2n) is 9.10. The van der Waals surface area contributed by atoms with Gasteiger partial charge in [0.2, 0.25) is 0 Å². The first-order valence-corrected chi connectivity index (χ1v) is 12.4. The van der Waals surface area contributed by atoms with Crippen LogP contribution >= 0.6 is 24.2 Å². The number of ether oxygens (including phenoxy) is 1. The lowest BCUT2D eigenvalue weighted by Gasteiger charge is -2.27. The van der Waals surface area contributed by atoms with Gasteiger partial charge in [0, 0.05) is 24.0 Å². The molecule has 4 N–H and O–H groups in total. The van der Waals surface area contributed by atoms with E-state index in [4.69, 9.17) is 34.7 Å². The molecule has 1 amide bonds. The van der Waals surface area contributed by atoms with Crippen molar-refractivity contribution >= 4 is 41.5 Å². The van der Waals surface area contributed by atoms with Gasteiger partial charge in [0.05, 0.1) is 28.2 Å². The largest absolute Gasteiger partial charge is 0.490 e. The molecule has 1 aromatic carbocycles. The van der Waals surface area contributed by atoms with E-state index in [9.17, 15) is 9.90 Å². The number of carbonyl (C=O) groups excluding carboxylic acids is 1. The van der Waals surface area contributed by atoms with Gasteiger partial charge in [-0.1, -0.05) is 11.6 Å². The maximum atomic E-state index is 15.4. The van der Waals surface area contributed by atoms with Crippen LogP contribution in [0.25, 0.3) is 5.52 Å². The molecule has 1 aliphatic carbocycles. The molecule has 11 heteroatoms. The molecule has 3 aromatic rings. The van der Waals surface area contributed by atoms with Gasteiger partial charge in [-0.3, -0.25) is 9.20 Å². The smallest absolute Gasteiger partial charge is 0.258 e. The molecule has 4 rings (SSSR count). The topological polar surface area (TPSA) is 115 Å². The minimum Gasteiger partial charge on any atom is -0.490 e. The maximum Gasteiger partial charge on any atom is 0.258 e. The summed E-state index contributed by atoms with van der Waals surface area (Å²) in [5.74, 6) is -0.609. The molecule has 0 radical (unpaired) electrons. The number of nitrogen functional groups attached to an aromatic ring is 1. The van der Waals surface area contributed by atoms with Crippen molar-refractivity contribution in [3.05, 3.63) is 51.9 Å². The van der Waals surface area contributed by atoms with E-state index >= 15 is 4.39 Å². The minimum atomic E-state index is -0.863. The minimum absolute atomic E-state index is 0.0617. The number of carbonyl (C=O) groups is 1. The van der Waals surface area contributed by atoms with Crippen LogP contribution in [0.2, 0.25) is 5.02 Å². The lowest BCUT2D eigenvalue weighted by Crippen LogP contribution is -2.39. The number of aromatic nitrogens is 3. The standard InChI is InChI=1S/C24H29ClFN5O3S/c1-11(2)34-20-15(21(35)23-29-12(3)19-22(27)28-8-9-31(19)23)10-16(25)18(26)17(20)24(33)30-13-4-6-14(32)7-5-13/h8-11,13-14,21,32,35H,4-7H2,1-3H3,(H2,27,28)(H,30,33)/t13-,14+,21?. The fourth-order valence-corrected chi connectivity index (χ4v) is 5.06. The van der Waals surface area contributed by atoms with Crippen LogP contribution in [0.5, 0.6) is 5.75 Å². The van der Waals surface area contributed by atoms with E-state index in [0.717, 1.165) is 0 Å². The second kappa shape index (κ2) is 10.2. The number of rotatable bonds is 6. The van der Waals surface area contributed by atoms with Crippen molar-refractivity contribution in [3.63, 3.8) is 0 Å². The third-order valence-corrected chi connectivity index (χ3v) is 6.92. The molecule has 2 heterocycles. The maximum absolute atomic E-state index is 15.4. The highest BCUT2D eigenvalue weighted by Gasteiger charge is 2.32. The Kier molecular flexibility index (Phi) is 7.44. The number of nitrogens with one attached hydrogen (secondary N) is 1. The molecule has 35 heavy (non-hydrogen) atoms. The predicted molar refractivity (Wildman–Crippen MR) is 136 cm³/mol. The van der Waals surface area contributed by atoms with Gasteiger partial charge in [0.1, 0.15) is 28.5 Å². The van der Waals surface area contributed by atoms with Gasteiger partial charge >= 0.3 is 0 Å². The average Bonchev–Trinajstić information content (AvgIpc) is 3.14. The van der Waals surface area contributed by atoms with Crippen LogP contribution in [0, 0.1) is 12.7 Å². The third kappa shape index (κ3) is 5.05. The number of nitrogens with two attached hydrogens (primary N) is 1. The summed E-state index contributed by atoms with van der Waals surface area (Å²) in [6.45, 7) is 5.38. The third-order valence-electron chi connectivity index (χ3n) is 6.14.